The third kappa shape index (κ3) is 3.60. The zero-order valence-corrected chi connectivity index (χ0v) is 13.4. The van der Waals surface area contributed by atoms with Crippen molar-refractivity contribution in [2.75, 3.05) is 24.7 Å². The summed E-state index contributed by atoms with van der Waals surface area (Å²) in [4.78, 5) is 0. The molecule has 2 saturated carbocycles. The van der Waals surface area contributed by atoms with Crippen molar-refractivity contribution in [3.63, 3.8) is 0 Å². The molecule has 2 aliphatic carbocycles. The Bertz CT molecular complexity index is 687. The molecule has 0 aromatic heterocycles. The van der Waals surface area contributed by atoms with E-state index in [2.05, 4.69) is 11.4 Å². The molecule has 1 N–H and O–H groups in total. The second kappa shape index (κ2) is 5.56. The number of nitrogens with one attached hydrogen (secondary N) is 1. The third-order valence-corrected chi connectivity index (χ3v) is 5.10. The van der Waals surface area contributed by atoms with Crippen molar-refractivity contribution in [3.8, 4) is 6.07 Å². The van der Waals surface area contributed by atoms with E-state index in [1.807, 2.05) is 24.3 Å². The summed E-state index contributed by atoms with van der Waals surface area (Å²) in [6.07, 6.45) is 4.00. The van der Waals surface area contributed by atoms with Crippen molar-refractivity contribution in [1.29, 1.82) is 5.26 Å². The molecule has 0 radical (unpaired) electrons. The molecule has 1 aromatic carbocycles. The van der Waals surface area contributed by atoms with Gasteiger partial charge in [0.25, 0.3) is 10.1 Å². The fraction of sp³-hybridized carbons (Fsp3) is 0.562. The van der Waals surface area contributed by atoms with Crippen molar-refractivity contribution >= 4 is 15.8 Å². The van der Waals surface area contributed by atoms with Crippen LogP contribution in [0.2, 0.25) is 0 Å². The zero-order valence-electron chi connectivity index (χ0n) is 12.6. The summed E-state index contributed by atoms with van der Waals surface area (Å²) in [5, 5.41) is 12.5. The van der Waals surface area contributed by atoms with E-state index in [4.69, 9.17) is 4.18 Å². The topological polar surface area (TPSA) is 79.2 Å². The van der Waals surface area contributed by atoms with Gasteiger partial charge in [-0.15, -0.1) is 0 Å². The molecule has 6 heteroatoms. The fourth-order valence-electron chi connectivity index (χ4n) is 2.72. The van der Waals surface area contributed by atoms with Gasteiger partial charge in [0.2, 0.25) is 0 Å². The van der Waals surface area contributed by atoms with E-state index in [1.54, 1.807) is 0 Å². The van der Waals surface area contributed by atoms with Gasteiger partial charge in [0.1, 0.15) is 0 Å². The predicted octanol–water partition coefficient (Wildman–Crippen LogP) is 2.27. The van der Waals surface area contributed by atoms with Crippen LogP contribution >= 0.6 is 0 Å². The molecular formula is C16H20N2O3S. The minimum atomic E-state index is -3.33. The monoisotopic (exact) mass is 320 g/mol. The molecule has 0 spiro atoms. The van der Waals surface area contributed by atoms with Gasteiger partial charge in [-0.1, -0.05) is 12.1 Å². The Kier molecular flexibility index (Phi) is 3.87. The molecule has 2 fully saturated rings. The lowest BCUT2D eigenvalue weighted by molar-refractivity contribution is 0.299. The van der Waals surface area contributed by atoms with Crippen LogP contribution in [0, 0.1) is 23.2 Å². The lowest BCUT2D eigenvalue weighted by Crippen LogP contribution is -2.10. The molecule has 2 atom stereocenters. The maximum absolute atomic E-state index is 10.9. The second-order valence-electron chi connectivity index (χ2n) is 6.40. The number of hydrogen-bond donors (Lipinski definition) is 1. The summed E-state index contributed by atoms with van der Waals surface area (Å²) < 4.78 is 26.7. The first-order valence-electron chi connectivity index (χ1n) is 7.52. The van der Waals surface area contributed by atoms with E-state index in [-0.39, 0.29) is 12.0 Å². The van der Waals surface area contributed by atoms with E-state index < -0.39 is 10.1 Å². The van der Waals surface area contributed by atoms with E-state index in [9.17, 15) is 13.7 Å². The van der Waals surface area contributed by atoms with Crippen LogP contribution in [0.15, 0.2) is 24.3 Å². The zero-order chi connectivity index (χ0) is 15.8. The highest BCUT2D eigenvalue weighted by molar-refractivity contribution is 7.85. The summed E-state index contributed by atoms with van der Waals surface area (Å²) >= 11 is 0. The van der Waals surface area contributed by atoms with Crippen LogP contribution in [0.3, 0.4) is 0 Å². The normalized spacial score (nSPS) is 25.3. The van der Waals surface area contributed by atoms with Crippen molar-refractivity contribution in [1.82, 2.24) is 0 Å². The highest BCUT2D eigenvalue weighted by Gasteiger charge is 2.44. The largest absolute Gasteiger partial charge is 0.385 e. The number of hydrogen-bond acceptors (Lipinski definition) is 5. The lowest BCUT2D eigenvalue weighted by atomic mass is 9.98. The number of anilines is 1. The maximum Gasteiger partial charge on any atom is 0.264 e. The number of nitrogens with zero attached hydrogens (tertiary/aromatic N) is 1. The highest BCUT2D eigenvalue weighted by Crippen LogP contribution is 2.47. The van der Waals surface area contributed by atoms with E-state index in [0.717, 1.165) is 43.3 Å². The van der Waals surface area contributed by atoms with Crippen LogP contribution < -0.4 is 5.32 Å². The number of benzene rings is 1. The van der Waals surface area contributed by atoms with Crippen LogP contribution in [0.25, 0.3) is 0 Å². The first-order valence-corrected chi connectivity index (χ1v) is 9.34. The molecule has 118 valence electrons. The highest BCUT2D eigenvalue weighted by atomic mass is 32.2. The standard InChI is InChI=1S/C16H20N2O3S/c1-22(19,20)21-10-13-8-12(13)9-18-15-4-2-14(3-5-15)16(11-17)6-7-16/h2-5,12-13,18H,6-10H2,1H3/t12-,13?/m1/s1. The molecule has 3 rings (SSSR count). The van der Waals surface area contributed by atoms with Crippen molar-refractivity contribution in [2.24, 2.45) is 11.8 Å². The van der Waals surface area contributed by atoms with Crippen molar-refractivity contribution < 1.29 is 12.6 Å². The number of rotatable bonds is 7. The second-order valence-corrected chi connectivity index (χ2v) is 8.04. The summed E-state index contributed by atoms with van der Waals surface area (Å²) in [5.74, 6) is 0.796. The van der Waals surface area contributed by atoms with Gasteiger partial charge < -0.3 is 5.32 Å². The predicted molar refractivity (Wildman–Crippen MR) is 83.8 cm³/mol. The van der Waals surface area contributed by atoms with Gasteiger partial charge in [-0.25, -0.2) is 0 Å². The van der Waals surface area contributed by atoms with E-state index >= 15 is 0 Å². The Labute approximate surface area is 131 Å². The van der Waals surface area contributed by atoms with Gasteiger partial charge in [-0.05, 0) is 48.8 Å². The van der Waals surface area contributed by atoms with Gasteiger partial charge >= 0.3 is 0 Å². The first kappa shape index (κ1) is 15.3. The molecule has 0 aliphatic heterocycles. The molecule has 2 aliphatic rings. The Morgan fingerprint density at radius 2 is 2.00 bits per heavy atom. The molecule has 0 bridgehead atoms. The molecule has 1 aromatic rings. The van der Waals surface area contributed by atoms with E-state index in [0.29, 0.717) is 11.8 Å². The average Bonchev–Trinajstić information content (AvgIpc) is 3.38. The molecular weight excluding hydrogens is 300 g/mol. The Morgan fingerprint density at radius 3 is 2.55 bits per heavy atom. The van der Waals surface area contributed by atoms with Gasteiger partial charge in [0.15, 0.2) is 0 Å². The van der Waals surface area contributed by atoms with Crippen LogP contribution in [-0.4, -0.2) is 27.8 Å². The van der Waals surface area contributed by atoms with Gasteiger partial charge in [-0.3, -0.25) is 4.18 Å². The molecule has 0 saturated heterocycles. The third-order valence-electron chi connectivity index (χ3n) is 4.54. The minimum absolute atomic E-state index is 0.233. The molecule has 5 nitrogen and oxygen atoms in total. The Morgan fingerprint density at radius 1 is 1.32 bits per heavy atom. The van der Waals surface area contributed by atoms with Crippen molar-refractivity contribution in [3.05, 3.63) is 29.8 Å². The Hall–Kier alpha value is -1.58. The van der Waals surface area contributed by atoms with Crippen molar-refractivity contribution in [2.45, 2.75) is 24.7 Å². The van der Waals surface area contributed by atoms with Gasteiger partial charge in [0, 0.05) is 12.2 Å². The average molecular weight is 320 g/mol. The lowest BCUT2D eigenvalue weighted by Gasteiger charge is -2.09. The Balaban J connectivity index is 1.45. The summed E-state index contributed by atoms with van der Waals surface area (Å²) in [5.41, 5.74) is 1.90. The quantitative estimate of drug-likeness (QED) is 0.780. The van der Waals surface area contributed by atoms with E-state index in [1.165, 1.54) is 0 Å². The summed E-state index contributed by atoms with van der Waals surface area (Å²) in [6.45, 7) is 1.11. The molecule has 0 heterocycles. The van der Waals surface area contributed by atoms with Gasteiger partial charge in [0.05, 0.1) is 24.3 Å². The van der Waals surface area contributed by atoms with Crippen LogP contribution in [0.4, 0.5) is 5.69 Å². The SMILES string of the molecule is CS(=O)(=O)OCC1C[C@@H]1CNc1ccc(C2(C#N)CC2)cc1. The number of nitriles is 1. The van der Waals surface area contributed by atoms with Gasteiger partial charge in [-0.2, -0.15) is 13.7 Å². The molecule has 0 amide bonds. The minimum Gasteiger partial charge on any atom is -0.385 e. The summed E-state index contributed by atoms with van der Waals surface area (Å²) in [7, 11) is -3.33. The first-order chi connectivity index (χ1) is 10.4. The van der Waals surface area contributed by atoms with Crippen LogP contribution in [0.5, 0.6) is 0 Å². The smallest absolute Gasteiger partial charge is 0.264 e. The maximum atomic E-state index is 10.9. The fourth-order valence-corrected chi connectivity index (χ4v) is 3.14. The molecule has 1 unspecified atom stereocenters. The van der Waals surface area contributed by atoms with Crippen LogP contribution in [0.1, 0.15) is 24.8 Å². The summed E-state index contributed by atoms with van der Waals surface area (Å²) in [6, 6.07) is 10.5. The van der Waals surface area contributed by atoms with Crippen LogP contribution in [-0.2, 0) is 19.7 Å². The molecule has 22 heavy (non-hydrogen) atoms.